The van der Waals surface area contributed by atoms with Crippen LogP contribution in [0.3, 0.4) is 0 Å². The van der Waals surface area contributed by atoms with Crippen LogP contribution in [0.2, 0.25) is 0 Å². The molecule has 0 aliphatic carbocycles. The molecule has 1 N–H and O–H groups in total. The van der Waals surface area contributed by atoms with Crippen LogP contribution >= 0.6 is 0 Å². The molecule has 0 unspecified atom stereocenters. The molecule has 1 aromatic carbocycles. The normalized spacial score (nSPS) is 10.9. The minimum absolute atomic E-state index is 0. The van der Waals surface area contributed by atoms with Crippen molar-refractivity contribution in [2.75, 3.05) is 0 Å². The molecule has 0 spiro atoms. The summed E-state index contributed by atoms with van der Waals surface area (Å²) in [4.78, 5) is 11.3. The van der Waals surface area contributed by atoms with E-state index in [4.69, 9.17) is 9.29 Å². The van der Waals surface area contributed by atoms with Crippen molar-refractivity contribution < 1.29 is 22.5 Å². The summed E-state index contributed by atoms with van der Waals surface area (Å²) in [7, 11) is -4.39. The number of para-hydroxylation sites is 1. The molecule has 1 aromatic rings. The number of hydrogen-bond acceptors (Lipinski definition) is 4. The van der Waals surface area contributed by atoms with Gasteiger partial charge in [0.1, 0.15) is 4.90 Å². The third-order valence-electron chi connectivity index (χ3n) is 3.34. The Morgan fingerprint density at radius 1 is 1.04 bits per heavy atom. The topological polar surface area (TPSA) is 80.7 Å². The van der Waals surface area contributed by atoms with Crippen molar-refractivity contribution in [2.45, 2.75) is 63.2 Å². The average molecular weight is 351 g/mol. The number of rotatable bonds is 10. The Morgan fingerprint density at radius 3 is 2.22 bits per heavy atom. The van der Waals surface area contributed by atoms with E-state index in [0.717, 1.165) is 19.3 Å². The Bertz CT molecular complexity index is 572. The number of hydrogen-bond donors (Lipinski definition) is 1. The zero-order chi connectivity index (χ0) is 16.4. The molecule has 0 saturated heterocycles. The first-order valence-electron chi connectivity index (χ1n) is 7.72. The van der Waals surface area contributed by atoms with E-state index in [9.17, 15) is 13.2 Å². The molecule has 0 aliphatic heterocycles. The maximum atomic E-state index is 11.7. The number of unbranched alkanes of at least 4 members (excludes halogenated alkanes) is 6. The molecule has 0 fully saturated rings. The summed E-state index contributed by atoms with van der Waals surface area (Å²) in [5.74, 6) is -0.609. The van der Waals surface area contributed by atoms with Gasteiger partial charge in [0.05, 0.1) is 0 Å². The monoisotopic (exact) mass is 351 g/mol. The molecule has 125 valence electrons. The Kier molecular flexibility index (Phi) is 11.8. The van der Waals surface area contributed by atoms with Crippen LogP contribution in [0.4, 0.5) is 0 Å². The van der Waals surface area contributed by atoms with E-state index in [1.807, 2.05) is 0 Å². The van der Waals surface area contributed by atoms with Crippen molar-refractivity contribution in [2.24, 2.45) is 0 Å². The van der Waals surface area contributed by atoms with E-state index in [0.29, 0.717) is 0 Å². The summed E-state index contributed by atoms with van der Waals surface area (Å²) in [6.07, 6.45) is 7.87. The minimum Gasteiger partial charge on any atom is -0.425 e. The molecule has 1 radical (unpaired) electrons. The fourth-order valence-electron chi connectivity index (χ4n) is 2.15. The molecule has 0 heterocycles. The Balaban J connectivity index is 0.00000484. The first-order chi connectivity index (χ1) is 10.4. The summed E-state index contributed by atoms with van der Waals surface area (Å²) in [6, 6.07) is 5.55. The fourth-order valence-corrected chi connectivity index (χ4v) is 2.76. The summed E-state index contributed by atoms with van der Waals surface area (Å²) >= 11 is 0. The van der Waals surface area contributed by atoms with Crippen LogP contribution in [-0.4, -0.2) is 48.5 Å². The van der Waals surface area contributed by atoms with Crippen molar-refractivity contribution in [3.8, 4) is 5.75 Å². The van der Waals surface area contributed by atoms with Gasteiger partial charge in [-0.2, -0.15) is 8.42 Å². The van der Waals surface area contributed by atoms with E-state index in [2.05, 4.69) is 6.92 Å². The molecule has 1 rings (SSSR count). The fraction of sp³-hybridized carbons (Fsp3) is 0.562. The molecule has 5 nitrogen and oxygen atoms in total. The molecule has 0 bridgehead atoms. The van der Waals surface area contributed by atoms with E-state index in [1.165, 1.54) is 43.9 Å². The Hall–Kier alpha value is -0.400. The van der Waals surface area contributed by atoms with Gasteiger partial charge < -0.3 is 4.74 Å². The van der Waals surface area contributed by atoms with E-state index < -0.39 is 16.1 Å². The zero-order valence-corrected chi connectivity index (χ0v) is 16.8. The second-order valence-corrected chi connectivity index (χ2v) is 6.66. The van der Waals surface area contributed by atoms with Gasteiger partial charge in [-0.15, -0.1) is 0 Å². The van der Waals surface area contributed by atoms with Gasteiger partial charge in [0.2, 0.25) is 0 Å². The number of benzene rings is 1. The van der Waals surface area contributed by atoms with Crippen molar-refractivity contribution in [1.82, 2.24) is 0 Å². The predicted octanol–water partition coefficient (Wildman–Crippen LogP) is 3.60. The van der Waals surface area contributed by atoms with Crippen molar-refractivity contribution in [3.05, 3.63) is 24.3 Å². The van der Waals surface area contributed by atoms with Crippen LogP contribution < -0.4 is 4.74 Å². The molecule has 0 amide bonds. The van der Waals surface area contributed by atoms with Gasteiger partial charge in [-0.3, -0.25) is 9.35 Å². The number of esters is 1. The van der Waals surface area contributed by atoms with Crippen LogP contribution in [-0.2, 0) is 14.9 Å². The molecule has 0 aliphatic rings. The SMILES string of the molecule is CCCCCCCCCC(=O)Oc1ccccc1S(=O)(=O)O.[Na]. The molecular weight excluding hydrogens is 327 g/mol. The summed E-state index contributed by atoms with van der Waals surface area (Å²) in [5.41, 5.74) is 0. The van der Waals surface area contributed by atoms with Crippen LogP contribution in [0.5, 0.6) is 5.75 Å². The Labute approximate surface area is 160 Å². The first kappa shape index (κ1) is 22.6. The van der Waals surface area contributed by atoms with Crippen molar-refractivity contribution in [1.29, 1.82) is 0 Å². The third kappa shape index (κ3) is 9.47. The van der Waals surface area contributed by atoms with E-state index in [-0.39, 0.29) is 46.6 Å². The second kappa shape index (κ2) is 12.0. The standard InChI is InChI=1S/C16H24O5S.Na/c1-2-3-4-5-6-7-8-13-16(17)21-14-11-9-10-12-15(14)22(18,19)20;/h9-12H,2-8,13H2,1H3,(H,18,19,20);. The van der Waals surface area contributed by atoms with Crippen LogP contribution in [0.25, 0.3) is 0 Å². The maximum absolute atomic E-state index is 11.7. The van der Waals surface area contributed by atoms with Crippen molar-refractivity contribution >= 4 is 45.6 Å². The smallest absolute Gasteiger partial charge is 0.311 e. The van der Waals surface area contributed by atoms with Gasteiger partial charge in [-0.05, 0) is 18.6 Å². The number of carbonyl (C=O) groups excluding carboxylic acids is 1. The minimum atomic E-state index is -4.39. The van der Waals surface area contributed by atoms with Crippen LogP contribution in [0.1, 0.15) is 58.3 Å². The quantitative estimate of drug-likeness (QED) is 0.229. The molecule has 0 atom stereocenters. The van der Waals surface area contributed by atoms with Gasteiger partial charge in [0, 0.05) is 36.0 Å². The van der Waals surface area contributed by atoms with Gasteiger partial charge in [0.25, 0.3) is 10.1 Å². The van der Waals surface area contributed by atoms with E-state index >= 15 is 0 Å². The van der Waals surface area contributed by atoms with Crippen molar-refractivity contribution in [3.63, 3.8) is 0 Å². The molecule has 0 aromatic heterocycles. The number of carbonyl (C=O) groups is 1. The van der Waals surface area contributed by atoms with Crippen LogP contribution in [0.15, 0.2) is 29.2 Å². The summed E-state index contributed by atoms with van der Waals surface area (Å²) < 4.78 is 36.5. The Morgan fingerprint density at radius 2 is 1.61 bits per heavy atom. The predicted molar refractivity (Wildman–Crippen MR) is 90.3 cm³/mol. The van der Waals surface area contributed by atoms with Crippen LogP contribution in [0, 0.1) is 0 Å². The first-order valence-corrected chi connectivity index (χ1v) is 9.16. The van der Waals surface area contributed by atoms with Gasteiger partial charge in [-0.25, -0.2) is 0 Å². The van der Waals surface area contributed by atoms with Gasteiger partial charge in [-0.1, -0.05) is 57.6 Å². The van der Waals surface area contributed by atoms with Gasteiger partial charge in [0.15, 0.2) is 5.75 Å². The molecule has 7 heteroatoms. The molecule has 0 saturated carbocycles. The average Bonchev–Trinajstić information content (AvgIpc) is 2.46. The second-order valence-electron chi connectivity index (χ2n) is 5.27. The number of ether oxygens (including phenoxy) is 1. The largest absolute Gasteiger partial charge is 0.425 e. The maximum Gasteiger partial charge on any atom is 0.311 e. The van der Waals surface area contributed by atoms with Gasteiger partial charge >= 0.3 is 5.97 Å². The third-order valence-corrected chi connectivity index (χ3v) is 4.23. The summed E-state index contributed by atoms with van der Waals surface area (Å²) in [6.45, 7) is 2.17. The molecule has 23 heavy (non-hydrogen) atoms. The summed E-state index contributed by atoms with van der Waals surface area (Å²) in [5, 5.41) is 0. The zero-order valence-electron chi connectivity index (χ0n) is 14.0. The van der Waals surface area contributed by atoms with E-state index in [1.54, 1.807) is 6.07 Å². The molecular formula is C16H24NaO5S.